The first-order valence-corrected chi connectivity index (χ1v) is 7.18. The number of amides is 1. The Kier molecular flexibility index (Phi) is 5.33. The van der Waals surface area contributed by atoms with E-state index in [0.717, 1.165) is 6.07 Å². The first-order valence-electron chi connectivity index (χ1n) is 7.18. The fourth-order valence-electron chi connectivity index (χ4n) is 2.40. The van der Waals surface area contributed by atoms with Crippen molar-refractivity contribution in [3.8, 4) is 5.75 Å². The SMILES string of the molecule is O=C(CCc1ccccc1OC(F)(F)F)NC1(C(=O)O)CCOC1. The highest BCUT2D eigenvalue weighted by atomic mass is 19.4. The summed E-state index contributed by atoms with van der Waals surface area (Å²) in [5, 5.41) is 11.6. The first-order chi connectivity index (χ1) is 11.2. The van der Waals surface area contributed by atoms with Gasteiger partial charge in [0.1, 0.15) is 5.75 Å². The molecule has 0 aliphatic carbocycles. The van der Waals surface area contributed by atoms with E-state index < -0.39 is 23.8 Å². The van der Waals surface area contributed by atoms with Crippen molar-refractivity contribution >= 4 is 11.9 Å². The lowest BCUT2D eigenvalue weighted by Gasteiger charge is -2.23. The Morgan fingerprint density at radius 3 is 2.62 bits per heavy atom. The van der Waals surface area contributed by atoms with Gasteiger partial charge in [0, 0.05) is 19.4 Å². The average Bonchev–Trinajstić information content (AvgIpc) is 2.94. The van der Waals surface area contributed by atoms with Crippen LogP contribution in [0.4, 0.5) is 13.2 Å². The lowest BCUT2D eigenvalue weighted by Crippen LogP contribution is -2.55. The Morgan fingerprint density at radius 1 is 1.33 bits per heavy atom. The van der Waals surface area contributed by atoms with Crippen LogP contribution in [0.2, 0.25) is 0 Å². The number of aryl methyl sites for hydroxylation is 1. The molecule has 9 heteroatoms. The van der Waals surface area contributed by atoms with E-state index in [9.17, 15) is 27.9 Å². The molecule has 6 nitrogen and oxygen atoms in total. The van der Waals surface area contributed by atoms with E-state index >= 15 is 0 Å². The van der Waals surface area contributed by atoms with Gasteiger partial charge in [-0.3, -0.25) is 4.79 Å². The summed E-state index contributed by atoms with van der Waals surface area (Å²) < 4.78 is 46.0. The summed E-state index contributed by atoms with van der Waals surface area (Å²) in [6.07, 6.45) is -4.88. The molecule has 132 valence electrons. The maximum Gasteiger partial charge on any atom is 0.573 e. The average molecular weight is 347 g/mol. The van der Waals surface area contributed by atoms with Gasteiger partial charge >= 0.3 is 12.3 Å². The molecular formula is C15H16F3NO5. The van der Waals surface area contributed by atoms with Crippen molar-refractivity contribution < 1.29 is 37.3 Å². The van der Waals surface area contributed by atoms with E-state index in [-0.39, 0.29) is 43.8 Å². The lowest BCUT2D eigenvalue weighted by molar-refractivity contribution is -0.274. The normalized spacial score (nSPS) is 20.6. The summed E-state index contributed by atoms with van der Waals surface area (Å²) >= 11 is 0. The standard InChI is InChI=1S/C15H16F3NO5/c16-15(17,18)24-11-4-2-1-3-10(11)5-6-12(20)19-14(13(21)22)7-8-23-9-14/h1-4H,5-9H2,(H,19,20)(H,21,22). The third kappa shape index (κ3) is 4.60. The zero-order valence-electron chi connectivity index (χ0n) is 12.6. The molecule has 0 spiro atoms. The van der Waals surface area contributed by atoms with Crippen molar-refractivity contribution in [2.24, 2.45) is 0 Å². The fourth-order valence-corrected chi connectivity index (χ4v) is 2.40. The van der Waals surface area contributed by atoms with Gasteiger partial charge in [-0.05, 0) is 18.1 Å². The van der Waals surface area contributed by atoms with Crippen LogP contribution in [-0.4, -0.2) is 42.1 Å². The van der Waals surface area contributed by atoms with Crippen molar-refractivity contribution in [2.45, 2.75) is 31.2 Å². The molecule has 1 saturated heterocycles. The zero-order chi connectivity index (χ0) is 17.8. The predicted molar refractivity (Wildman–Crippen MR) is 75.4 cm³/mol. The highest BCUT2D eigenvalue weighted by molar-refractivity contribution is 5.87. The molecule has 0 aromatic heterocycles. The highest BCUT2D eigenvalue weighted by Gasteiger charge is 2.43. The van der Waals surface area contributed by atoms with Gasteiger partial charge in [-0.1, -0.05) is 18.2 Å². The van der Waals surface area contributed by atoms with Crippen LogP contribution in [0.5, 0.6) is 5.75 Å². The number of carbonyl (C=O) groups excluding carboxylic acids is 1. The number of nitrogens with one attached hydrogen (secondary N) is 1. The van der Waals surface area contributed by atoms with Crippen molar-refractivity contribution in [3.63, 3.8) is 0 Å². The van der Waals surface area contributed by atoms with Gasteiger partial charge in [0.2, 0.25) is 5.91 Å². The quantitative estimate of drug-likeness (QED) is 0.821. The maximum absolute atomic E-state index is 12.3. The second kappa shape index (κ2) is 7.08. The van der Waals surface area contributed by atoms with Gasteiger partial charge in [-0.15, -0.1) is 13.2 Å². The molecule has 0 bridgehead atoms. The second-order valence-corrected chi connectivity index (χ2v) is 5.39. The van der Waals surface area contributed by atoms with Crippen LogP contribution in [0, 0.1) is 0 Å². The molecule has 24 heavy (non-hydrogen) atoms. The largest absolute Gasteiger partial charge is 0.573 e. The van der Waals surface area contributed by atoms with Gasteiger partial charge in [-0.2, -0.15) is 0 Å². The van der Waals surface area contributed by atoms with E-state index in [4.69, 9.17) is 4.74 Å². The molecule has 0 radical (unpaired) electrons. The zero-order valence-corrected chi connectivity index (χ0v) is 12.6. The summed E-state index contributed by atoms with van der Waals surface area (Å²) in [7, 11) is 0. The number of para-hydroxylation sites is 1. The summed E-state index contributed by atoms with van der Waals surface area (Å²) in [5.41, 5.74) is -1.27. The number of hydrogen-bond donors (Lipinski definition) is 2. The minimum atomic E-state index is -4.83. The predicted octanol–water partition coefficient (Wildman–Crippen LogP) is 1.88. The summed E-state index contributed by atoms with van der Waals surface area (Å²) in [6.45, 7) is 0.0800. The molecule has 2 N–H and O–H groups in total. The number of halogens is 3. The van der Waals surface area contributed by atoms with Crippen LogP contribution in [0.1, 0.15) is 18.4 Å². The third-order valence-corrected chi connectivity index (χ3v) is 3.63. The van der Waals surface area contributed by atoms with Crippen LogP contribution in [0.25, 0.3) is 0 Å². The topological polar surface area (TPSA) is 84.9 Å². The fraction of sp³-hybridized carbons (Fsp3) is 0.467. The number of alkyl halides is 3. The smallest absolute Gasteiger partial charge is 0.479 e. The Morgan fingerprint density at radius 2 is 2.04 bits per heavy atom. The molecule has 1 aliphatic rings. The molecule has 1 heterocycles. The Balaban J connectivity index is 1.98. The minimum Gasteiger partial charge on any atom is -0.479 e. The number of carboxylic acids is 1. The minimum absolute atomic E-state index is 0.0192. The summed E-state index contributed by atoms with van der Waals surface area (Å²) in [6, 6.07) is 5.49. The molecule has 1 aromatic rings. The van der Waals surface area contributed by atoms with Gasteiger partial charge in [0.25, 0.3) is 0 Å². The third-order valence-electron chi connectivity index (χ3n) is 3.63. The molecule has 1 aliphatic heterocycles. The monoisotopic (exact) mass is 347 g/mol. The van der Waals surface area contributed by atoms with Gasteiger partial charge < -0.3 is 19.9 Å². The van der Waals surface area contributed by atoms with Crippen molar-refractivity contribution in [1.29, 1.82) is 0 Å². The van der Waals surface area contributed by atoms with E-state index in [0.29, 0.717) is 0 Å². The number of aliphatic carboxylic acids is 1. The van der Waals surface area contributed by atoms with Crippen molar-refractivity contribution in [3.05, 3.63) is 29.8 Å². The van der Waals surface area contributed by atoms with E-state index in [1.54, 1.807) is 0 Å². The van der Waals surface area contributed by atoms with Gasteiger partial charge in [-0.25, -0.2) is 4.79 Å². The number of hydrogen-bond acceptors (Lipinski definition) is 4. The van der Waals surface area contributed by atoms with E-state index in [1.807, 2.05) is 0 Å². The maximum atomic E-state index is 12.3. The summed E-state index contributed by atoms with van der Waals surface area (Å²) in [4.78, 5) is 23.3. The Hall–Kier alpha value is -2.29. The number of ether oxygens (including phenoxy) is 2. The Bertz CT molecular complexity index is 611. The van der Waals surface area contributed by atoms with Crippen LogP contribution in [0.3, 0.4) is 0 Å². The van der Waals surface area contributed by atoms with E-state index in [1.165, 1.54) is 18.2 Å². The molecule has 1 fully saturated rings. The van der Waals surface area contributed by atoms with Crippen LogP contribution >= 0.6 is 0 Å². The molecule has 1 amide bonds. The Labute approximate surface area is 135 Å². The second-order valence-electron chi connectivity index (χ2n) is 5.39. The van der Waals surface area contributed by atoms with Crippen LogP contribution in [-0.2, 0) is 20.7 Å². The number of rotatable bonds is 6. The van der Waals surface area contributed by atoms with Crippen molar-refractivity contribution in [2.75, 3.05) is 13.2 Å². The van der Waals surface area contributed by atoms with Crippen molar-refractivity contribution in [1.82, 2.24) is 5.32 Å². The van der Waals surface area contributed by atoms with Crippen LogP contribution < -0.4 is 10.1 Å². The number of carboxylic acid groups (broad SMARTS) is 1. The lowest BCUT2D eigenvalue weighted by atomic mass is 9.98. The number of carbonyl (C=O) groups is 2. The van der Waals surface area contributed by atoms with Gasteiger partial charge in [0.15, 0.2) is 5.54 Å². The molecular weight excluding hydrogens is 331 g/mol. The highest BCUT2D eigenvalue weighted by Crippen LogP contribution is 2.27. The van der Waals surface area contributed by atoms with Crippen LogP contribution in [0.15, 0.2) is 24.3 Å². The van der Waals surface area contributed by atoms with E-state index in [2.05, 4.69) is 10.1 Å². The first kappa shape index (κ1) is 18.1. The molecule has 0 saturated carbocycles. The number of benzene rings is 1. The van der Waals surface area contributed by atoms with Gasteiger partial charge in [0.05, 0.1) is 6.61 Å². The molecule has 1 aromatic carbocycles. The summed E-state index contributed by atoms with van der Waals surface area (Å²) in [5.74, 6) is -2.16. The molecule has 2 rings (SSSR count). The molecule has 1 atom stereocenters. The molecule has 1 unspecified atom stereocenters.